The molecule has 1 aliphatic heterocycles. The van der Waals surface area contributed by atoms with Gasteiger partial charge in [-0.05, 0) is 26.8 Å². The number of aliphatic imine (C=N–C) groups is 1. The molecule has 0 radical (unpaired) electrons. The summed E-state index contributed by atoms with van der Waals surface area (Å²) in [4.78, 5) is 26.8. The van der Waals surface area contributed by atoms with Gasteiger partial charge < -0.3 is 19.9 Å². The van der Waals surface area contributed by atoms with Crippen LogP contribution in [0.4, 0.5) is 10.6 Å². The van der Waals surface area contributed by atoms with E-state index in [2.05, 4.69) is 15.6 Å². The van der Waals surface area contributed by atoms with Crippen molar-refractivity contribution in [3.63, 3.8) is 0 Å². The van der Waals surface area contributed by atoms with E-state index in [0.29, 0.717) is 24.6 Å². The highest BCUT2D eigenvalue weighted by Crippen LogP contribution is 2.24. The first-order valence-corrected chi connectivity index (χ1v) is 7.33. The summed E-state index contributed by atoms with van der Waals surface area (Å²) in [6.45, 7) is 6.12. The second kappa shape index (κ2) is 6.39. The molecule has 0 aliphatic carbocycles. The van der Waals surface area contributed by atoms with Crippen molar-refractivity contribution in [3.8, 4) is 0 Å². The molecule has 0 aromatic carbocycles. The minimum atomic E-state index is -0.570. The van der Waals surface area contributed by atoms with Crippen molar-refractivity contribution in [2.75, 3.05) is 11.9 Å². The fourth-order valence-corrected chi connectivity index (χ4v) is 2.23. The number of hydrogen-bond donors (Lipinski definition) is 2. The van der Waals surface area contributed by atoms with Gasteiger partial charge >= 0.3 is 6.09 Å². The van der Waals surface area contributed by atoms with Crippen LogP contribution in [-0.4, -0.2) is 40.9 Å². The van der Waals surface area contributed by atoms with E-state index >= 15 is 0 Å². The predicted molar refractivity (Wildman–Crippen MR) is 84.9 cm³/mol. The molecule has 1 aromatic heterocycles. The van der Waals surface area contributed by atoms with Crippen LogP contribution >= 0.6 is 11.6 Å². The maximum atomic E-state index is 11.6. The quantitative estimate of drug-likeness (QED) is 0.504. The first kappa shape index (κ1) is 16.4. The van der Waals surface area contributed by atoms with Gasteiger partial charge in [0.05, 0.1) is 5.69 Å². The highest BCUT2D eigenvalue weighted by molar-refractivity contribution is 6.22. The van der Waals surface area contributed by atoms with Crippen molar-refractivity contribution in [2.45, 2.75) is 38.5 Å². The van der Waals surface area contributed by atoms with E-state index in [1.165, 1.54) is 0 Å². The Morgan fingerprint density at radius 1 is 1.59 bits per heavy atom. The number of ether oxygens (including phenoxy) is 1. The summed E-state index contributed by atoms with van der Waals surface area (Å²) in [5.41, 5.74) is 0.158. The Balaban J connectivity index is 2.01. The van der Waals surface area contributed by atoms with Gasteiger partial charge in [0, 0.05) is 24.9 Å². The minimum absolute atomic E-state index is 0.322. The number of fused-ring (bicyclic) bond motifs is 1. The van der Waals surface area contributed by atoms with E-state index in [1.54, 1.807) is 37.6 Å². The van der Waals surface area contributed by atoms with Gasteiger partial charge in [0.25, 0.3) is 0 Å². The number of alkyl halides is 1. The average Bonchev–Trinajstić information content (AvgIpc) is 2.74. The number of amides is 1. The number of aromatic nitrogens is 1. The summed E-state index contributed by atoms with van der Waals surface area (Å²) in [7, 11) is 0. The van der Waals surface area contributed by atoms with Gasteiger partial charge in [-0.3, -0.25) is 9.79 Å². The van der Waals surface area contributed by atoms with Crippen molar-refractivity contribution < 1.29 is 14.3 Å². The molecular formula is C14H19ClN4O3. The van der Waals surface area contributed by atoms with Gasteiger partial charge in [0.1, 0.15) is 11.4 Å². The van der Waals surface area contributed by atoms with Crippen LogP contribution < -0.4 is 10.6 Å². The Labute approximate surface area is 133 Å². The number of aldehydes is 1. The van der Waals surface area contributed by atoms with E-state index < -0.39 is 17.3 Å². The summed E-state index contributed by atoms with van der Waals surface area (Å²) < 4.78 is 6.91. The smallest absolute Gasteiger partial charge is 0.407 e. The molecule has 1 aromatic rings. The second-order valence-electron chi connectivity index (χ2n) is 5.83. The highest BCUT2D eigenvalue weighted by Gasteiger charge is 2.20. The summed E-state index contributed by atoms with van der Waals surface area (Å²) in [6, 6.07) is 1.72. The second-order valence-corrected chi connectivity index (χ2v) is 6.24. The molecule has 1 aliphatic rings. The minimum Gasteiger partial charge on any atom is -0.444 e. The normalized spacial score (nSPS) is 16.6. The van der Waals surface area contributed by atoms with E-state index in [1.807, 2.05) is 0 Å². The molecule has 22 heavy (non-hydrogen) atoms. The number of carbonyl (C=O) groups is 2. The third-order valence-corrected chi connectivity index (χ3v) is 3.10. The molecule has 1 atom stereocenters. The lowest BCUT2D eigenvalue weighted by Gasteiger charge is -2.21. The molecule has 2 heterocycles. The average molecular weight is 327 g/mol. The summed E-state index contributed by atoms with van der Waals surface area (Å²) in [5.74, 6) is 0.711. The standard InChI is InChI=1S/C14H19ClN4O3/c1-14(2,3)22-13(21)16-4-5-19-10(8-20)6-9-7-17-12(15)18-11(9)19/h6-8,12,18H,4-5H2,1-3H3,(H,16,21). The molecule has 1 amide bonds. The SMILES string of the molecule is CC(C)(C)OC(=O)NCCn1c(C=O)cc2c1NC(Cl)N=C2. The zero-order valence-corrected chi connectivity index (χ0v) is 13.5. The molecule has 0 saturated carbocycles. The van der Waals surface area contributed by atoms with E-state index in [4.69, 9.17) is 16.3 Å². The lowest BCUT2D eigenvalue weighted by Crippen LogP contribution is -2.34. The fourth-order valence-electron chi connectivity index (χ4n) is 2.07. The van der Waals surface area contributed by atoms with Crippen molar-refractivity contribution in [1.82, 2.24) is 9.88 Å². The van der Waals surface area contributed by atoms with Gasteiger partial charge in [-0.2, -0.15) is 0 Å². The first-order chi connectivity index (χ1) is 10.3. The number of rotatable bonds is 4. The molecular weight excluding hydrogens is 308 g/mol. The lowest BCUT2D eigenvalue weighted by molar-refractivity contribution is 0.0526. The predicted octanol–water partition coefficient (Wildman–Crippen LogP) is 2.19. The monoisotopic (exact) mass is 326 g/mol. The number of carbonyl (C=O) groups excluding carboxylic acids is 2. The molecule has 0 saturated heterocycles. The Morgan fingerprint density at radius 2 is 2.32 bits per heavy atom. The fraction of sp³-hybridized carbons (Fsp3) is 0.500. The van der Waals surface area contributed by atoms with Gasteiger partial charge in [0.2, 0.25) is 0 Å². The molecule has 8 heteroatoms. The summed E-state index contributed by atoms with van der Waals surface area (Å²) >= 11 is 5.93. The lowest BCUT2D eigenvalue weighted by atomic mass is 10.2. The molecule has 0 fully saturated rings. The number of hydrogen-bond acceptors (Lipinski definition) is 5. The Hall–Kier alpha value is -2.02. The number of nitrogens with one attached hydrogen (secondary N) is 2. The van der Waals surface area contributed by atoms with Crippen LogP contribution in [0.5, 0.6) is 0 Å². The van der Waals surface area contributed by atoms with Gasteiger partial charge in [0.15, 0.2) is 11.9 Å². The molecule has 1 unspecified atom stereocenters. The van der Waals surface area contributed by atoms with Crippen LogP contribution in [0.1, 0.15) is 36.8 Å². The largest absolute Gasteiger partial charge is 0.444 e. The van der Waals surface area contributed by atoms with Crippen molar-refractivity contribution in [2.24, 2.45) is 4.99 Å². The molecule has 2 rings (SSSR count). The summed E-state index contributed by atoms with van der Waals surface area (Å²) in [5, 5.41) is 5.64. The zero-order valence-electron chi connectivity index (χ0n) is 12.7. The van der Waals surface area contributed by atoms with Crippen molar-refractivity contribution in [3.05, 3.63) is 17.3 Å². The highest BCUT2D eigenvalue weighted by atomic mass is 35.5. The van der Waals surface area contributed by atoms with Gasteiger partial charge in [-0.15, -0.1) is 0 Å². The van der Waals surface area contributed by atoms with E-state index in [9.17, 15) is 9.59 Å². The van der Waals surface area contributed by atoms with Crippen LogP contribution in [0.15, 0.2) is 11.1 Å². The Morgan fingerprint density at radius 3 is 2.95 bits per heavy atom. The number of halogens is 1. The molecule has 7 nitrogen and oxygen atoms in total. The van der Waals surface area contributed by atoms with Crippen LogP contribution in [0.3, 0.4) is 0 Å². The van der Waals surface area contributed by atoms with Crippen molar-refractivity contribution in [1.29, 1.82) is 0 Å². The number of anilines is 1. The number of alkyl carbamates (subject to hydrolysis) is 1. The van der Waals surface area contributed by atoms with Crippen LogP contribution in [0.25, 0.3) is 0 Å². The molecule has 2 N–H and O–H groups in total. The third kappa shape index (κ3) is 4.00. The van der Waals surface area contributed by atoms with Crippen LogP contribution in [-0.2, 0) is 11.3 Å². The molecule has 120 valence electrons. The van der Waals surface area contributed by atoms with Crippen LogP contribution in [0.2, 0.25) is 0 Å². The zero-order chi connectivity index (χ0) is 16.3. The Kier molecular flexibility index (Phi) is 4.75. The Bertz CT molecular complexity index is 604. The van der Waals surface area contributed by atoms with Crippen molar-refractivity contribution >= 4 is 36.0 Å². The van der Waals surface area contributed by atoms with E-state index in [0.717, 1.165) is 11.8 Å². The maximum absolute atomic E-state index is 11.6. The van der Waals surface area contributed by atoms with E-state index in [-0.39, 0.29) is 0 Å². The van der Waals surface area contributed by atoms with Crippen LogP contribution in [0, 0.1) is 0 Å². The maximum Gasteiger partial charge on any atom is 0.407 e. The topological polar surface area (TPSA) is 84.7 Å². The molecule has 0 bridgehead atoms. The van der Waals surface area contributed by atoms with Gasteiger partial charge in [-0.25, -0.2) is 4.79 Å². The first-order valence-electron chi connectivity index (χ1n) is 6.89. The third-order valence-electron chi connectivity index (χ3n) is 2.88. The molecule has 0 spiro atoms. The summed E-state index contributed by atoms with van der Waals surface area (Å²) in [6.07, 6.45) is 1.88. The number of nitrogens with zero attached hydrogens (tertiary/aromatic N) is 2. The van der Waals surface area contributed by atoms with Gasteiger partial charge in [-0.1, -0.05) is 11.6 Å².